The average molecular weight is 450 g/mol. The predicted octanol–water partition coefficient (Wildman–Crippen LogP) is 3.49. The van der Waals surface area contributed by atoms with Crippen molar-refractivity contribution in [2.45, 2.75) is 70.1 Å². The van der Waals surface area contributed by atoms with Gasteiger partial charge in [-0.3, -0.25) is 0 Å². The number of rotatable bonds is 8. The number of nitrogens with two attached hydrogens (primary N) is 2. The van der Waals surface area contributed by atoms with Gasteiger partial charge in [-0.05, 0) is 64.0 Å². The molecule has 2 saturated carbocycles. The number of nitrogens with zero attached hydrogens (tertiary/aromatic N) is 3. The van der Waals surface area contributed by atoms with E-state index < -0.39 is 11.8 Å². The largest absolute Gasteiger partial charge is 0.489 e. The fraction of sp³-hybridized carbons (Fsp3) is 0.652. The summed E-state index contributed by atoms with van der Waals surface area (Å²) in [5, 5.41) is 1.30. The Morgan fingerprint density at radius 3 is 2.47 bits per heavy atom. The molecule has 4 N–H and O–H groups in total. The van der Waals surface area contributed by atoms with Gasteiger partial charge in [0.2, 0.25) is 0 Å². The third-order valence-electron chi connectivity index (χ3n) is 6.31. The van der Waals surface area contributed by atoms with E-state index in [9.17, 15) is 9.18 Å². The number of pyridine rings is 1. The molecule has 178 valence electrons. The second kappa shape index (κ2) is 10.4. The van der Waals surface area contributed by atoms with Crippen LogP contribution in [0.5, 0.6) is 5.75 Å². The standard InChI is InChI=1S/C23H36FN5O3/c1-16-20(32-17-8-5-4-6-9-17)11-10-18(27-16)21(25)19(29(3)26)14-31-22(30)28(2)15-23(24)12-7-13-23/h10-11,17H,4-9,12-15,25-26H2,1-3H3/b21-19-. The van der Waals surface area contributed by atoms with Gasteiger partial charge in [-0.1, -0.05) is 6.42 Å². The van der Waals surface area contributed by atoms with Gasteiger partial charge in [0.15, 0.2) is 0 Å². The van der Waals surface area contributed by atoms with Crippen molar-refractivity contribution in [3.8, 4) is 5.75 Å². The minimum absolute atomic E-state index is 0.0159. The van der Waals surface area contributed by atoms with E-state index in [2.05, 4.69) is 4.98 Å². The summed E-state index contributed by atoms with van der Waals surface area (Å²) in [6.45, 7) is 1.74. The van der Waals surface area contributed by atoms with Crippen LogP contribution in [0.3, 0.4) is 0 Å². The predicted molar refractivity (Wildman–Crippen MR) is 121 cm³/mol. The Kier molecular flexibility index (Phi) is 7.82. The summed E-state index contributed by atoms with van der Waals surface area (Å²) in [7, 11) is 3.13. The van der Waals surface area contributed by atoms with Gasteiger partial charge in [0.05, 0.1) is 35.4 Å². The van der Waals surface area contributed by atoms with Crippen molar-refractivity contribution in [2.24, 2.45) is 11.6 Å². The number of halogens is 1. The van der Waals surface area contributed by atoms with Crippen molar-refractivity contribution in [1.29, 1.82) is 0 Å². The maximum absolute atomic E-state index is 14.3. The molecule has 1 heterocycles. The van der Waals surface area contributed by atoms with Crippen LogP contribution in [0.4, 0.5) is 9.18 Å². The van der Waals surface area contributed by atoms with Gasteiger partial charge in [0.1, 0.15) is 18.0 Å². The van der Waals surface area contributed by atoms with E-state index in [1.54, 1.807) is 13.1 Å². The van der Waals surface area contributed by atoms with Crippen molar-refractivity contribution >= 4 is 11.8 Å². The van der Waals surface area contributed by atoms with E-state index in [1.165, 1.54) is 36.2 Å². The van der Waals surface area contributed by atoms with E-state index >= 15 is 0 Å². The van der Waals surface area contributed by atoms with Crippen LogP contribution in [-0.2, 0) is 4.74 Å². The molecule has 1 aromatic rings. The molecule has 1 amide bonds. The molecule has 2 aliphatic rings. The molecule has 0 unspecified atom stereocenters. The Hall–Kier alpha value is -2.55. The molecule has 8 nitrogen and oxygen atoms in total. The molecule has 0 spiro atoms. The molecule has 32 heavy (non-hydrogen) atoms. The van der Waals surface area contributed by atoms with Crippen LogP contribution in [0, 0.1) is 6.92 Å². The number of hydrogen-bond acceptors (Lipinski definition) is 7. The monoisotopic (exact) mass is 449 g/mol. The van der Waals surface area contributed by atoms with Crippen LogP contribution in [0.1, 0.15) is 62.8 Å². The fourth-order valence-corrected chi connectivity index (χ4v) is 4.15. The second-order valence-electron chi connectivity index (χ2n) is 9.04. The molecule has 0 bridgehead atoms. The number of carbonyl (C=O) groups excluding carboxylic acids is 1. The third kappa shape index (κ3) is 6.03. The molecule has 2 fully saturated rings. The fourth-order valence-electron chi connectivity index (χ4n) is 4.15. The van der Waals surface area contributed by atoms with E-state index in [1.807, 2.05) is 13.0 Å². The van der Waals surface area contributed by atoms with Gasteiger partial charge in [-0.2, -0.15) is 0 Å². The van der Waals surface area contributed by atoms with E-state index in [0.717, 1.165) is 30.7 Å². The van der Waals surface area contributed by atoms with Crippen LogP contribution in [0.25, 0.3) is 5.70 Å². The third-order valence-corrected chi connectivity index (χ3v) is 6.31. The summed E-state index contributed by atoms with van der Waals surface area (Å²) >= 11 is 0. The first-order valence-electron chi connectivity index (χ1n) is 11.4. The first kappa shape index (κ1) is 24.1. The molecule has 0 saturated heterocycles. The van der Waals surface area contributed by atoms with E-state index in [0.29, 0.717) is 29.9 Å². The Balaban J connectivity index is 1.65. The lowest BCUT2D eigenvalue weighted by atomic mass is 9.82. The molecule has 0 aromatic carbocycles. The van der Waals surface area contributed by atoms with Crippen LogP contribution >= 0.6 is 0 Å². The van der Waals surface area contributed by atoms with Crippen molar-refractivity contribution in [3.05, 3.63) is 29.2 Å². The highest BCUT2D eigenvalue weighted by Gasteiger charge is 2.39. The van der Waals surface area contributed by atoms with Crippen LogP contribution in [0.15, 0.2) is 17.8 Å². The van der Waals surface area contributed by atoms with Crippen LogP contribution in [-0.4, -0.2) is 60.0 Å². The number of hydrogen-bond donors (Lipinski definition) is 2. The second-order valence-corrected chi connectivity index (χ2v) is 9.04. The number of carbonyl (C=O) groups is 1. The van der Waals surface area contributed by atoms with Crippen molar-refractivity contribution in [3.63, 3.8) is 0 Å². The summed E-state index contributed by atoms with van der Waals surface area (Å²) in [6, 6.07) is 3.65. The first-order valence-corrected chi connectivity index (χ1v) is 11.4. The van der Waals surface area contributed by atoms with Crippen molar-refractivity contribution < 1.29 is 18.7 Å². The molecule has 1 aromatic heterocycles. The van der Waals surface area contributed by atoms with Gasteiger partial charge in [0, 0.05) is 14.1 Å². The summed E-state index contributed by atoms with van der Waals surface area (Å²) in [6.07, 6.45) is 7.17. The summed E-state index contributed by atoms with van der Waals surface area (Å²) in [4.78, 5) is 18.2. The number of aryl methyl sites for hydroxylation is 1. The van der Waals surface area contributed by atoms with Gasteiger partial charge < -0.3 is 25.1 Å². The first-order chi connectivity index (χ1) is 15.2. The topological polar surface area (TPSA) is 107 Å². The minimum Gasteiger partial charge on any atom is -0.489 e. The highest BCUT2D eigenvalue weighted by atomic mass is 19.1. The number of aromatic nitrogens is 1. The van der Waals surface area contributed by atoms with Gasteiger partial charge in [-0.15, -0.1) is 0 Å². The zero-order valence-electron chi connectivity index (χ0n) is 19.4. The molecule has 0 aliphatic heterocycles. The summed E-state index contributed by atoms with van der Waals surface area (Å²) in [5.74, 6) is 6.69. The van der Waals surface area contributed by atoms with Gasteiger partial charge in [-0.25, -0.2) is 20.0 Å². The molecule has 3 rings (SSSR count). The maximum Gasteiger partial charge on any atom is 0.409 e. The molecular weight excluding hydrogens is 413 g/mol. The maximum atomic E-state index is 14.3. The zero-order valence-corrected chi connectivity index (χ0v) is 19.4. The average Bonchev–Trinajstić information content (AvgIpc) is 2.74. The number of likely N-dealkylation sites (N-methyl/N-ethyl adjacent to an activating group) is 1. The molecular formula is C23H36FN5O3. The Labute approximate surface area is 189 Å². The normalized spacial score (nSPS) is 18.9. The van der Waals surface area contributed by atoms with Crippen molar-refractivity contribution in [1.82, 2.24) is 14.9 Å². The van der Waals surface area contributed by atoms with E-state index in [-0.39, 0.29) is 19.3 Å². The highest BCUT2D eigenvalue weighted by Crippen LogP contribution is 2.36. The molecule has 0 atom stereocenters. The molecule has 0 radical (unpaired) electrons. The smallest absolute Gasteiger partial charge is 0.409 e. The Morgan fingerprint density at radius 1 is 1.22 bits per heavy atom. The quantitative estimate of drug-likeness (QED) is 0.462. The lowest BCUT2D eigenvalue weighted by molar-refractivity contribution is 0.0235. The number of alkyl halides is 1. The minimum atomic E-state index is -1.31. The Bertz CT molecular complexity index is 835. The number of ether oxygens (including phenoxy) is 2. The Morgan fingerprint density at radius 2 is 1.91 bits per heavy atom. The summed E-state index contributed by atoms with van der Waals surface area (Å²) < 4.78 is 25.8. The lowest BCUT2D eigenvalue weighted by Gasteiger charge is -2.36. The van der Waals surface area contributed by atoms with Gasteiger partial charge >= 0.3 is 6.09 Å². The molecule has 9 heteroatoms. The highest BCUT2D eigenvalue weighted by molar-refractivity contribution is 5.69. The lowest BCUT2D eigenvalue weighted by Crippen LogP contribution is -2.45. The van der Waals surface area contributed by atoms with Crippen LogP contribution in [0.2, 0.25) is 0 Å². The molecule has 2 aliphatic carbocycles. The number of hydrazine groups is 1. The SMILES string of the molecule is Cc1nc(/C(N)=C(\COC(=O)N(C)CC2(F)CCC2)N(C)N)ccc1OC1CCCCC1. The van der Waals surface area contributed by atoms with E-state index in [4.69, 9.17) is 21.1 Å². The van der Waals surface area contributed by atoms with Crippen molar-refractivity contribution in [2.75, 3.05) is 27.2 Å². The number of amides is 1. The summed E-state index contributed by atoms with van der Waals surface area (Å²) in [5.41, 5.74) is 6.98. The zero-order chi connectivity index (χ0) is 23.3. The van der Waals surface area contributed by atoms with Gasteiger partial charge in [0.25, 0.3) is 0 Å². The van der Waals surface area contributed by atoms with Crippen LogP contribution < -0.4 is 16.3 Å².